The SMILES string of the molecule is Cc1ccc(Cc2ccoc2)c(C(C)C)c1. The van der Waals surface area contributed by atoms with Crippen molar-refractivity contribution in [1.29, 1.82) is 0 Å². The minimum atomic E-state index is 0.571. The standard InChI is InChI=1S/C15H18O/c1-11(2)15-8-12(3)4-5-14(15)9-13-6-7-16-10-13/h4-8,10-11H,9H2,1-3H3. The second kappa shape index (κ2) is 4.56. The van der Waals surface area contributed by atoms with Crippen LogP contribution >= 0.6 is 0 Å². The van der Waals surface area contributed by atoms with E-state index in [2.05, 4.69) is 39.0 Å². The molecule has 1 heterocycles. The van der Waals surface area contributed by atoms with E-state index in [9.17, 15) is 0 Å². The molecule has 16 heavy (non-hydrogen) atoms. The Labute approximate surface area is 97.1 Å². The molecular formula is C15H18O. The van der Waals surface area contributed by atoms with E-state index in [4.69, 9.17) is 4.42 Å². The maximum atomic E-state index is 5.11. The zero-order chi connectivity index (χ0) is 11.5. The summed E-state index contributed by atoms with van der Waals surface area (Å²) in [6, 6.07) is 8.74. The summed E-state index contributed by atoms with van der Waals surface area (Å²) in [7, 11) is 0. The van der Waals surface area contributed by atoms with Crippen molar-refractivity contribution in [3.05, 3.63) is 59.0 Å². The molecule has 0 fully saturated rings. The van der Waals surface area contributed by atoms with Gasteiger partial charge in [-0.3, -0.25) is 0 Å². The summed E-state index contributed by atoms with van der Waals surface area (Å²) in [5.41, 5.74) is 5.42. The molecule has 0 radical (unpaired) electrons. The third kappa shape index (κ3) is 2.35. The predicted octanol–water partition coefficient (Wildman–Crippen LogP) is 4.30. The molecule has 1 heteroatoms. The van der Waals surface area contributed by atoms with E-state index in [1.807, 2.05) is 12.3 Å². The Balaban J connectivity index is 2.33. The highest BCUT2D eigenvalue weighted by molar-refractivity contribution is 5.36. The molecule has 0 atom stereocenters. The average molecular weight is 214 g/mol. The first-order chi connectivity index (χ1) is 7.66. The van der Waals surface area contributed by atoms with Crippen molar-refractivity contribution in [1.82, 2.24) is 0 Å². The molecule has 0 aliphatic rings. The van der Waals surface area contributed by atoms with Gasteiger partial charge in [0.05, 0.1) is 12.5 Å². The van der Waals surface area contributed by atoms with E-state index < -0.39 is 0 Å². The summed E-state index contributed by atoms with van der Waals surface area (Å²) in [6.07, 6.45) is 4.52. The second-order valence-electron chi connectivity index (χ2n) is 4.67. The van der Waals surface area contributed by atoms with Gasteiger partial charge in [0.25, 0.3) is 0 Å². The molecule has 0 aliphatic carbocycles. The molecule has 0 spiro atoms. The van der Waals surface area contributed by atoms with Crippen LogP contribution in [0.5, 0.6) is 0 Å². The van der Waals surface area contributed by atoms with Crippen LogP contribution in [0, 0.1) is 6.92 Å². The summed E-state index contributed by atoms with van der Waals surface area (Å²) in [6.45, 7) is 6.63. The van der Waals surface area contributed by atoms with Gasteiger partial charge in [0.15, 0.2) is 0 Å². The molecular weight excluding hydrogens is 196 g/mol. The highest BCUT2D eigenvalue weighted by Gasteiger charge is 2.08. The molecule has 1 aromatic heterocycles. The lowest BCUT2D eigenvalue weighted by molar-refractivity contribution is 0.564. The molecule has 84 valence electrons. The van der Waals surface area contributed by atoms with Crippen molar-refractivity contribution in [3.8, 4) is 0 Å². The van der Waals surface area contributed by atoms with Crippen molar-refractivity contribution in [3.63, 3.8) is 0 Å². The zero-order valence-electron chi connectivity index (χ0n) is 10.2. The maximum Gasteiger partial charge on any atom is 0.0937 e. The minimum absolute atomic E-state index is 0.571. The number of furan rings is 1. The van der Waals surface area contributed by atoms with E-state index >= 15 is 0 Å². The van der Waals surface area contributed by atoms with Crippen molar-refractivity contribution in [2.24, 2.45) is 0 Å². The molecule has 0 unspecified atom stereocenters. The normalized spacial score (nSPS) is 11.0. The Morgan fingerprint density at radius 1 is 1.19 bits per heavy atom. The lowest BCUT2D eigenvalue weighted by Crippen LogP contribution is -1.97. The van der Waals surface area contributed by atoms with Crippen LogP contribution in [0.4, 0.5) is 0 Å². The topological polar surface area (TPSA) is 13.1 Å². The van der Waals surface area contributed by atoms with Crippen LogP contribution in [0.2, 0.25) is 0 Å². The monoisotopic (exact) mass is 214 g/mol. The fourth-order valence-corrected chi connectivity index (χ4v) is 2.03. The number of benzene rings is 1. The highest BCUT2D eigenvalue weighted by Crippen LogP contribution is 2.23. The number of hydrogen-bond acceptors (Lipinski definition) is 1. The van der Waals surface area contributed by atoms with E-state index in [-0.39, 0.29) is 0 Å². The van der Waals surface area contributed by atoms with Gasteiger partial charge in [-0.1, -0.05) is 37.6 Å². The third-order valence-electron chi connectivity index (χ3n) is 2.90. The van der Waals surface area contributed by atoms with Gasteiger partial charge in [0.2, 0.25) is 0 Å². The molecule has 0 saturated heterocycles. The molecule has 0 saturated carbocycles. The van der Waals surface area contributed by atoms with Gasteiger partial charge >= 0.3 is 0 Å². The Morgan fingerprint density at radius 2 is 2.00 bits per heavy atom. The number of aryl methyl sites for hydroxylation is 1. The summed E-state index contributed by atoms with van der Waals surface area (Å²) in [5.74, 6) is 0.571. The highest BCUT2D eigenvalue weighted by atomic mass is 16.3. The Kier molecular flexibility index (Phi) is 3.14. The summed E-state index contributed by atoms with van der Waals surface area (Å²) in [5, 5.41) is 0. The second-order valence-corrected chi connectivity index (χ2v) is 4.67. The summed E-state index contributed by atoms with van der Waals surface area (Å²) >= 11 is 0. The third-order valence-corrected chi connectivity index (χ3v) is 2.90. The molecule has 0 bridgehead atoms. The van der Waals surface area contributed by atoms with Crippen LogP contribution in [-0.2, 0) is 6.42 Å². The minimum Gasteiger partial charge on any atom is -0.472 e. The van der Waals surface area contributed by atoms with Crippen LogP contribution in [0.25, 0.3) is 0 Å². The van der Waals surface area contributed by atoms with Crippen LogP contribution in [0.15, 0.2) is 41.2 Å². The van der Waals surface area contributed by atoms with Gasteiger partial charge in [0.1, 0.15) is 0 Å². The molecule has 2 rings (SSSR count). The quantitative estimate of drug-likeness (QED) is 0.742. The van der Waals surface area contributed by atoms with Gasteiger partial charge in [-0.2, -0.15) is 0 Å². The van der Waals surface area contributed by atoms with Gasteiger partial charge < -0.3 is 4.42 Å². The summed E-state index contributed by atoms with van der Waals surface area (Å²) < 4.78 is 5.11. The Morgan fingerprint density at radius 3 is 2.62 bits per heavy atom. The maximum absolute atomic E-state index is 5.11. The molecule has 1 aromatic carbocycles. The Bertz CT molecular complexity index is 452. The lowest BCUT2D eigenvalue weighted by atomic mass is 9.92. The predicted molar refractivity (Wildman–Crippen MR) is 66.8 cm³/mol. The van der Waals surface area contributed by atoms with Crippen LogP contribution < -0.4 is 0 Å². The van der Waals surface area contributed by atoms with Crippen molar-refractivity contribution >= 4 is 0 Å². The lowest BCUT2D eigenvalue weighted by Gasteiger charge is -2.13. The first-order valence-electron chi connectivity index (χ1n) is 5.77. The smallest absolute Gasteiger partial charge is 0.0937 e. The Hall–Kier alpha value is -1.50. The van der Waals surface area contributed by atoms with E-state index in [0.29, 0.717) is 5.92 Å². The average Bonchev–Trinajstić information content (AvgIpc) is 2.73. The van der Waals surface area contributed by atoms with Crippen molar-refractivity contribution in [2.45, 2.75) is 33.1 Å². The molecule has 0 aliphatic heterocycles. The van der Waals surface area contributed by atoms with Crippen LogP contribution in [0.1, 0.15) is 42.0 Å². The first kappa shape index (κ1) is 11.0. The van der Waals surface area contributed by atoms with E-state index in [1.165, 1.54) is 22.3 Å². The zero-order valence-corrected chi connectivity index (χ0v) is 10.2. The van der Waals surface area contributed by atoms with Crippen LogP contribution in [0.3, 0.4) is 0 Å². The van der Waals surface area contributed by atoms with Gasteiger partial charge in [-0.25, -0.2) is 0 Å². The van der Waals surface area contributed by atoms with Gasteiger partial charge in [-0.05, 0) is 35.6 Å². The summed E-state index contributed by atoms with van der Waals surface area (Å²) in [4.78, 5) is 0. The van der Waals surface area contributed by atoms with Crippen molar-refractivity contribution in [2.75, 3.05) is 0 Å². The van der Waals surface area contributed by atoms with Crippen LogP contribution in [-0.4, -0.2) is 0 Å². The largest absolute Gasteiger partial charge is 0.472 e. The number of rotatable bonds is 3. The molecule has 1 nitrogen and oxygen atoms in total. The van der Waals surface area contributed by atoms with Gasteiger partial charge in [-0.15, -0.1) is 0 Å². The molecule has 2 aromatic rings. The fraction of sp³-hybridized carbons (Fsp3) is 0.333. The van der Waals surface area contributed by atoms with E-state index in [0.717, 1.165) is 6.42 Å². The number of hydrogen-bond donors (Lipinski definition) is 0. The molecule has 0 amide bonds. The first-order valence-corrected chi connectivity index (χ1v) is 5.77. The molecule has 0 N–H and O–H groups in total. The fourth-order valence-electron chi connectivity index (χ4n) is 2.03. The van der Waals surface area contributed by atoms with Crippen molar-refractivity contribution < 1.29 is 4.42 Å². The van der Waals surface area contributed by atoms with E-state index in [1.54, 1.807) is 6.26 Å². The van der Waals surface area contributed by atoms with Gasteiger partial charge in [0, 0.05) is 6.42 Å².